The van der Waals surface area contributed by atoms with Crippen LogP contribution in [0, 0.1) is 0 Å². The number of carbonyl (C=O) groups is 1. The molecule has 110 valence electrons. The van der Waals surface area contributed by atoms with Gasteiger partial charge in [-0.15, -0.1) is 0 Å². The van der Waals surface area contributed by atoms with E-state index in [9.17, 15) is 4.79 Å². The van der Waals surface area contributed by atoms with Gasteiger partial charge in [0.1, 0.15) is 0 Å². The Kier molecular flexibility index (Phi) is 5.15. The lowest BCUT2D eigenvalue weighted by Crippen LogP contribution is -2.28. The summed E-state index contributed by atoms with van der Waals surface area (Å²) in [5.41, 5.74) is 1.92. The first-order valence-electron chi connectivity index (χ1n) is 6.49. The predicted molar refractivity (Wildman–Crippen MR) is 74.6 cm³/mol. The van der Waals surface area contributed by atoms with Crippen molar-refractivity contribution in [1.29, 1.82) is 0 Å². The SMILES string of the molecule is CCOC(=O)C1OOOC1c1ccc(Br)cc1C(C)C. The monoisotopic (exact) mass is 344 g/mol. The lowest BCUT2D eigenvalue weighted by Gasteiger charge is -2.18. The first-order valence-corrected chi connectivity index (χ1v) is 7.28. The van der Waals surface area contributed by atoms with Crippen LogP contribution in [-0.2, 0) is 24.3 Å². The number of ether oxygens (including phenoxy) is 1. The number of esters is 1. The average molecular weight is 345 g/mol. The molecule has 6 heteroatoms. The smallest absolute Gasteiger partial charge is 0.342 e. The molecule has 0 amide bonds. The third-order valence-electron chi connectivity index (χ3n) is 3.06. The Labute approximate surface area is 126 Å². The van der Waals surface area contributed by atoms with Gasteiger partial charge in [-0.3, -0.25) is 0 Å². The van der Waals surface area contributed by atoms with Gasteiger partial charge >= 0.3 is 5.97 Å². The molecular weight excluding hydrogens is 328 g/mol. The lowest BCUT2D eigenvalue weighted by molar-refractivity contribution is -0.465. The molecule has 2 unspecified atom stereocenters. The van der Waals surface area contributed by atoms with Gasteiger partial charge in [-0.1, -0.05) is 40.9 Å². The van der Waals surface area contributed by atoms with Crippen LogP contribution in [-0.4, -0.2) is 18.7 Å². The van der Waals surface area contributed by atoms with Crippen molar-refractivity contribution in [3.63, 3.8) is 0 Å². The fourth-order valence-corrected chi connectivity index (χ4v) is 2.49. The van der Waals surface area contributed by atoms with Crippen LogP contribution in [0.3, 0.4) is 0 Å². The zero-order valence-corrected chi connectivity index (χ0v) is 13.2. The maximum Gasteiger partial charge on any atom is 0.342 e. The molecule has 0 N–H and O–H groups in total. The summed E-state index contributed by atoms with van der Waals surface area (Å²) in [6, 6.07) is 5.79. The van der Waals surface area contributed by atoms with Crippen molar-refractivity contribution in [2.45, 2.75) is 38.9 Å². The molecule has 1 aliphatic rings. The van der Waals surface area contributed by atoms with Crippen LogP contribution in [0.2, 0.25) is 0 Å². The molecule has 1 aromatic carbocycles. The maximum absolute atomic E-state index is 11.9. The third-order valence-corrected chi connectivity index (χ3v) is 3.55. The van der Waals surface area contributed by atoms with Crippen LogP contribution in [0.4, 0.5) is 0 Å². The van der Waals surface area contributed by atoms with E-state index in [1.165, 1.54) is 0 Å². The summed E-state index contributed by atoms with van der Waals surface area (Å²) >= 11 is 3.45. The summed E-state index contributed by atoms with van der Waals surface area (Å²) in [7, 11) is 0. The van der Waals surface area contributed by atoms with Gasteiger partial charge in [-0.2, -0.15) is 9.78 Å². The van der Waals surface area contributed by atoms with Gasteiger partial charge in [0, 0.05) is 4.47 Å². The molecule has 1 fully saturated rings. The van der Waals surface area contributed by atoms with Crippen molar-refractivity contribution in [3.8, 4) is 0 Å². The van der Waals surface area contributed by atoms with Crippen molar-refractivity contribution in [1.82, 2.24) is 0 Å². The minimum atomic E-state index is -0.909. The highest BCUT2D eigenvalue weighted by molar-refractivity contribution is 9.10. The topological polar surface area (TPSA) is 54.0 Å². The predicted octanol–water partition coefficient (Wildman–Crippen LogP) is 3.44. The van der Waals surface area contributed by atoms with Gasteiger partial charge in [0.25, 0.3) is 0 Å². The van der Waals surface area contributed by atoms with Gasteiger partial charge in [0.05, 0.1) is 6.61 Å². The fraction of sp³-hybridized carbons (Fsp3) is 0.500. The zero-order valence-electron chi connectivity index (χ0n) is 11.6. The highest BCUT2D eigenvalue weighted by Gasteiger charge is 2.41. The molecule has 2 atom stereocenters. The van der Waals surface area contributed by atoms with Gasteiger partial charge in [-0.05, 0) is 36.1 Å². The van der Waals surface area contributed by atoms with E-state index >= 15 is 0 Å². The number of rotatable bonds is 4. The minimum Gasteiger partial charge on any atom is -0.464 e. The number of carbonyl (C=O) groups excluding carboxylic acids is 1. The van der Waals surface area contributed by atoms with E-state index in [1.54, 1.807) is 6.92 Å². The molecule has 20 heavy (non-hydrogen) atoms. The summed E-state index contributed by atoms with van der Waals surface area (Å²) in [5, 5.41) is 4.54. The van der Waals surface area contributed by atoms with Crippen molar-refractivity contribution >= 4 is 21.9 Å². The van der Waals surface area contributed by atoms with Gasteiger partial charge in [0.15, 0.2) is 6.10 Å². The molecule has 0 radical (unpaired) electrons. The maximum atomic E-state index is 11.9. The average Bonchev–Trinajstić information content (AvgIpc) is 2.88. The van der Waals surface area contributed by atoms with Crippen LogP contribution in [0.25, 0.3) is 0 Å². The normalized spacial score (nSPS) is 22.2. The Balaban J connectivity index is 2.32. The number of hydrogen-bond donors (Lipinski definition) is 0. The highest BCUT2D eigenvalue weighted by Crippen LogP contribution is 2.36. The van der Waals surface area contributed by atoms with Crippen molar-refractivity contribution in [3.05, 3.63) is 33.8 Å². The van der Waals surface area contributed by atoms with Crippen molar-refractivity contribution in [2.75, 3.05) is 6.61 Å². The molecule has 0 saturated carbocycles. The number of hydrogen-bond acceptors (Lipinski definition) is 5. The lowest BCUT2D eigenvalue weighted by atomic mass is 9.92. The zero-order chi connectivity index (χ0) is 14.7. The van der Waals surface area contributed by atoms with Crippen LogP contribution in [0.15, 0.2) is 22.7 Å². The van der Waals surface area contributed by atoms with Crippen molar-refractivity contribution < 1.29 is 24.3 Å². The molecule has 0 bridgehead atoms. The standard InChI is InChI=1S/C14H17BrO5/c1-4-17-14(16)13-12(18-20-19-13)10-6-5-9(15)7-11(10)8(2)3/h5-8,12-13H,4H2,1-3H3. The Morgan fingerprint density at radius 3 is 2.80 bits per heavy atom. The van der Waals surface area contributed by atoms with E-state index < -0.39 is 18.2 Å². The highest BCUT2D eigenvalue weighted by atomic mass is 79.9. The van der Waals surface area contributed by atoms with Gasteiger partial charge in [0.2, 0.25) is 6.10 Å². The molecule has 0 aliphatic carbocycles. The van der Waals surface area contributed by atoms with Crippen LogP contribution >= 0.6 is 15.9 Å². The first kappa shape index (κ1) is 15.4. The second kappa shape index (κ2) is 6.67. The second-order valence-corrected chi connectivity index (χ2v) is 5.70. The summed E-state index contributed by atoms with van der Waals surface area (Å²) in [6.45, 7) is 6.16. The number of benzene rings is 1. The van der Waals surface area contributed by atoms with Gasteiger partial charge in [-0.25, -0.2) is 4.79 Å². The van der Waals surface area contributed by atoms with E-state index in [4.69, 9.17) is 14.5 Å². The molecule has 0 spiro atoms. The van der Waals surface area contributed by atoms with E-state index in [2.05, 4.69) is 34.8 Å². The minimum absolute atomic E-state index is 0.273. The second-order valence-electron chi connectivity index (χ2n) is 4.78. The summed E-state index contributed by atoms with van der Waals surface area (Å²) < 4.78 is 5.94. The molecule has 1 heterocycles. The van der Waals surface area contributed by atoms with E-state index in [1.807, 2.05) is 18.2 Å². The Morgan fingerprint density at radius 1 is 1.40 bits per heavy atom. The Bertz CT molecular complexity index is 488. The van der Waals surface area contributed by atoms with E-state index in [0.29, 0.717) is 0 Å². The fourth-order valence-electron chi connectivity index (χ4n) is 2.12. The summed E-state index contributed by atoms with van der Waals surface area (Å²) in [5.74, 6) is -0.220. The molecule has 0 aromatic heterocycles. The van der Waals surface area contributed by atoms with Crippen LogP contribution in [0.5, 0.6) is 0 Å². The molecular formula is C14H17BrO5. The molecule has 5 nitrogen and oxygen atoms in total. The molecule has 1 aliphatic heterocycles. The summed E-state index contributed by atoms with van der Waals surface area (Å²) in [4.78, 5) is 21.9. The Morgan fingerprint density at radius 2 is 2.15 bits per heavy atom. The largest absolute Gasteiger partial charge is 0.464 e. The molecule has 2 rings (SSSR count). The van der Waals surface area contributed by atoms with E-state index in [-0.39, 0.29) is 12.5 Å². The first-order chi connectivity index (χ1) is 9.54. The van der Waals surface area contributed by atoms with E-state index in [0.717, 1.165) is 15.6 Å². The van der Waals surface area contributed by atoms with Crippen LogP contribution in [0.1, 0.15) is 43.9 Å². The van der Waals surface area contributed by atoms with Gasteiger partial charge < -0.3 is 4.74 Å². The quantitative estimate of drug-likeness (QED) is 0.618. The number of halogens is 1. The van der Waals surface area contributed by atoms with Crippen molar-refractivity contribution in [2.24, 2.45) is 0 Å². The third kappa shape index (κ3) is 3.20. The Hall–Kier alpha value is -0.950. The van der Waals surface area contributed by atoms with Crippen LogP contribution < -0.4 is 0 Å². The molecule has 1 aromatic rings. The summed E-state index contributed by atoms with van der Waals surface area (Å²) in [6.07, 6.45) is -1.53. The molecule has 1 saturated heterocycles.